The van der Waals surface area contributed by atoms with Gasteiger partial charge in [-0.1, -0.05) is 0 Å². The molecule has 12 nitrogen and oxygen atoms in total. The van der Waals surface area contributed by atoms with Crippen LogP contribution in [0.4, 0.5) is 17.1 Å². The van der Waals surface area contributed by atoms with Crippen LogP contribution in [0.5, 0.6) is 23.0 Å². The number of benzene rings is 3. The third-order valence-corrected chi connectivity index (χ3v) is 5.64. The molecule has 188 valence electrons. The lowest BCUT2D eigenvalue weighted by atomic mass is 10.1. The fourth-order valence-electron chi connectivity index (χ4n) is 3.07. The van der Waals surface area contributed by atoms with Crippen molar-refractivity contribution in [1.82, 2.24) is 0 Å². The van der Waals surface area contributed by atoms with E-state index in [9.17, 15) is 30.3 Å². The Kier molecular flexibility index (Phi) is 8.59. The summed E-state index contributed by atoms with van der Waals surface area (Å²) in [6.45, 7) is 0. The van der Waals surface area contributed by atoms with Crippen molar-refractivity contribution in [3.05, 3.63) is 89.5 Å². The number of hydrogen-bond donors (Lipinski definition) is 1. The first-order valence-electron chi connectivity index (χ1n) is 10.2. The van der Waals surface area contributed by atoms with Crippen LogP contribution < -0.4 is 19.5 Å². The van der Waals surface area contributed by atoms with E-state index in [1.165, 1.54) is 26.4 Å². The van der Waals surface area contributed by atoms with Gasteiger partial charge in [-0.3, -0.25) is 25.0 Å². The van der Waals surface area contributed by atoms with Crippen molar-refractivity contribution in [3.8, 4) is 29.1 Å². The second kappa shape index (κ2) is 11.8. The van der Waals surface area contributed by atoms with Crippen molar-refractivity contribution in [2.45, 2.75) is 0 Å². The highest BCUT2D eigenvalue weighted by Gasteiger charge is 2.23. The number of anilines is 1. The number of nitrogens with one attached hydrogen (secondary N) is 1. The van der Waals surface area contributed by atoms with Gasteiger partial charge < -0.3 is 19.5 Å². The van der Waals surface area contributed by atoms with Gasteiger partial charge in [0.05, 0.1) is 33.7 Å². The topological polar surface area (TPSA) is 167 Å². The maximum Gasteiger partial charge on any atom is 0.318 e. The zero-order valence-electron chi connectivity index (χ0n) is 19.3. The third-order valence-electron chi connectivity index (χ3n) is 4.84. The molecule has 0 aliphatic rings. The Morgan fingerprint density at radius 3 is 2.27 bits per heavy atom. The number of rotatable bonds is 9. The number of nitro groups is 2. The summed E-state index contributed by atoms with van der Waals surface area (Å²) in [5.74, 6) is 0.00398. The number of amides is 1. The van der Waals surface area contributed by atoms with Crippen LogP contribution in [0.15, 0.2) is 60.2 Å². The number of carbonyl (C=O) groups is 1. The molecular weight excluding hydrogens is 599 g/mol. The number of carbonyl (C=O) groups excluding carboxylic acids is 1. The van der Waals surface area contributed by atoms with Crippen molar-refractivity contribution < 1.29 is 28.9 Å². The fourth-order valence-corrected chi connectivity index (χ4v) is 3.80. The lowest BCUT2D eigenvalue weighted by Crippen LogP contribution is -2.13. The van der Waals surface area contributed by atoms with Crippen LogP contribution in [0.25, 0.3) is 6.08 Å². The molecule has 3 aromatic carbocycles. The number of ether oxygens (including phenoxy) is 3. The summed E-state index contributed by atoms with van der Waals surface area (Å²) in [5, 5.41) is 34.6. The summed E-state index contributed by atoms with van der Waals surface area (Å²) in [4.78, 5) is 33.5. The van der Waals surface area contributed by atoms with E-state index in [4.69, 9.17) is 14.2 Å². The van der Waals surface area contributed by atoms with Gasteiger partial charge in [0, 0.05) is 11.8 Å². The van der Waals surface area contributed by atoms with Crippen molar-refractivity contribution in [2.75, 3.05) is 19.5 Å². The molecule has 3 aromatic rings. The Hall–Kier alpha value is -4.71. The average molecular weight is 616 g/mol. The summed E-state index contributed by atoms with van der Waals surface area (Å²) >= 11 is 1.90. The Labute approximate surface area is 223 Å². The molecule has 0 saturated carbocycles. The Morgan fingerprint density at radius 2 is 1.70 bits per heavy atom. The highest BCUT2D eigenvalue weighted by Crippen LogP contribution is 2.41. The Bertz CT molecular complexity index is 1450. The minimum Gasteiger partial charge on any atom is -0.497 e. The van der Waals surface area contributed by atoms with Gasteiger partial charge in [0.25, 0.3) is 11.6 Å². The normalized spacial score (nSPS) is 10.7. The van der Waals surface area contributed by atoms with Gasteiger partial charge in [0.2, 0.25) is 5.75 Å². The number of hydrogen-bond acceptors (Lipinski definition) is 9. The summed E-state index contributed by atoms with van der Waals surface area (Å²) < 4.78 is 16.6. The van der Waals surface area contributed by atoms with E-state index < -0.39 is 27.1 Å². The third kappa shape index (κ3) is 6.49. The lowest BCUT2D eigenvalue weighted by molar-refractivity contribution is -0.394. The highest BCUT2D eigenvalue weighted by molar-refractivity contribution is 14.1. The molecule has 0 saturated heterocycles. The van der Waals surface area contributed by atoms with Crippen molar-refractivity contribution >= 4 is 51.6 Å². The summed E-state index contributed by atoms with van der Waals surface area (Å²) in [6, 6.07) is 14.5. The second-order valence-corrected chi connectivity index (χ2v) is 8.32. The van der Waals surface area contributed by atoms with E-state index in [0.29, 0.717) is 20.6 Å². The van der Waals surface area contributed by atoms with Crippen LogP contribution in [0.1, 0.15) is 5.56 Å². The van der Waals surface area contributed by atoms with E-state index in [2.05, 4.69) is 5.32 Å². The molecule has 1 N–H and O–H groups in total. The SMILES string of the molecule is COc1ccc(NC(=O)/C(C#N)=C/c2cc(I)c(Oc3ccc([N+](=O)[O-])cc3[N+](=O)[O-])c(OC)c2)cc1. The molecular formula is C24H17IN4O8. The van der Waals surface area contributed by atoms with Crippen LogP contribution in [0, 0.1) is 35.1 Å². The van der Waals surface area contributed by atoms with Crippen LogP contribution >= 0.6 is 22.6 Å². The summed E-state index contributed by atoms with van der Waals surface area (Å²) in [6.07, 6.45) is 1.35. The van der Waals surface area contributed by atoms with Gasteiger partial charge >= 0.3 is 5.69 Å². The molecule has 0 radical (unpaired) electrons. The first-order chi connectivity index (χ1) is 17.7. The van der Waals surface area contributed by atoms with E-state index in [1.54, 1.807) is 30.3 Å². The molecule has 0 aromatic heterocycles. The van der Waals surface area contributed by atoms with E-state index in [1.807, 2.05) is 28.7 Å². The molecule has 0 aliphatic carbocycles. The molecule has 0 spiro atoms. The van der Waals surface area contributed by atoms with Crippen molar-refractivity contribution in [1.29, 1.82) is 5.26 Å². The number of nitro benzene ring substituents is 2. The maximum atomic E-state index is 12.6. The monoisotopic (exact) mass is 616 g/mol. The Morgan fingerprint density at radius 1 is 1.00 bits per heavy atom. The second-order valence-electron chi connectivity index (χ2n) is 7.15. The van der Waals surface area contributed by atoms with Gasteiger partial charge in [0.1, 0.15) is 17.4 Å². The predicted molar refractivity (Wildman–Crippen MR) is 141 cm³/mol. The van der Waals surface area contributed by atoms with Gasteiger partial charge in [-0.15, -0.1) is 0 Å². The largest absolute Gasteiger partial charge is 0.497 e. The maximum absolute atomic E-state index is 12.6. The molecule has 0 atom stereocenters. The lowest BCUT2D eigenvalue weighted by Gasteiger charge is -2.13. The minimum absolute atomic E-state index is 0.110. The summed E-state index contributed by atoms with van der Waals surface area (Å²) in [7, 11) is 2.86. The van der Waals surface area contributed by atoms with Gasteiger partial charge in [-0.2, -0.15) is 5.26 Å². The van der Waals surface area contributed by atoms with Gasteiger partial charge in [-0.25, -0.2) is 0 Å². The quantitative estimate of drug-likeness (QED) is 0.108. The smallest absolute Gasteiger partial charge is 0.318 e. The number of non-ortho nitro benzene ring substituents is 1. The van der Waals surface area contributed by atoms with Crippen LogP contribution in [0.2, 0.25) is 0 Å². The average Bonchev–Trinajstić information content (AvgIpc) is 2.88. The number of methoxy groups -OCH3 is 2. The zero-order chi connectivity index (χ0) is 27.1. The van der Waals surface area contributed by atoms with Crippen molar-refractivity contribution in [3.63, 3.8) is 0 Å². The molecule has 0 unspecified atom stereocenters. The van der Waals surface area contributed by atoms with E-state index >= 15 is 0 Å². The molecule has 0 fully saturated rings. The molecule has 3 rings (SSSR count). The first-order valence-corrected chi connectivity index (χ1v) is 11.3. The van der Waals surface area contributed by atoms with Crippen LogP contribution in [-0.2, 0) is 4.79 Å². The molecule has 13 heteroatoms. The molecule has 0 heterocycles. The van der Waals surface area contributed by atoms with Crippen LogP contribution in [-0.4, -0.2) is 30.0 Å². The standard InChI is InChI=1S/C24H17IN4O8/c1-35-18-6-3-16(4-7-18)27-24(30)15(13-26)9-14-10-19(25)23(22(11-14)36-2)37-21-8-5-17(28(31)32)12-20(21)29(33)34/h3-12H,1-2H3,(H,27,30)/b15-9+. The van der Waals surface area contributed by atoms with E-state index in [0.717, 1.165) is 18.2 Å². The number of halogens is 1. The molecule has 1 amide bonds. The summed E-state index contributed by atoms with van der Waals surface area (Å²) in [5.41, 5.74) is -0.356. The minimum atomic E-state index is -0.792. The fraction of sp³-hybridized carbons (Fsp3) is 0.0833. The number of nitriles is 1. The van der Waals surface area contributed by atoms with Crippen LogP contribution in [0.3, 0.4) is 0 Å². The highest BCUT2D eigenvalue weighted by atomic mass is 127. The predicted octanol–water partition coefficient (Wildman–Crippen LogP) is 5.46. The molecule has 0 bridgehead atoms. The number of nitrogens with zero attached hydrogens (tertiary/aromatic N) is 3. The Balaban J connectivity index is 1.92. The molecule has 0 aliphatic heterocycles. The van der Waals surface area contributed by atoms with Gasteiger partial charge in [0.15, 0.2) is 11.5 Å². The van der Waals surface area contributed by atoms with Gasteiger partial charge in [-0.05, 0) is 76.7 Å². The van der Waals surface area contributed by atoms with Crippen molar-refractivity contribution in [2.24, 2.45) is 0 Å². The first kappa shape index (κ1) is 26.9. The van der Waals surface area contributed by atoms with E-state index in [-0.39, 0.29) is 22.8 Å². The zero-order valence-corrected chi connectivity index (χ0v) is 21.4. The molecule has 37 heavy (non-hydrogen) atoms.